The van der Waals surface area contributed by atoms with Crippen LogP contribution in [0.5, 0.6) is 0 Å². The van der Waals surface area contributed by atoms with Crippen LogP contribution in [0, 0.1) is 28.7 Å². The fourth-order valence-corrected chi connectivity index (χ4v) is 1.81. The van der Waals surface area contributed by atoms with Crippen LogP contribution in [0.1, 0.15) is 11.1 Å². The van der Waals surface area contributed by atoms with E-state index >= 15 is 0 Å². The average Bonchev–Trinajstić information content (AvgIpc) is 2.34. The summed E-state index contributed by atoms with van der Waals surface area (Å²) >= 11 is 0. The molecule has 1 aromatic heterocycles. The van der Waals surface area contributed by atoms with Crippen molar-refractivity contribution in [3.05, 3.63) is 63.3 Å². The third-order valence-electron chi connectivity index (χ3n) is 2.69. The maximum absolute atomic E-state index is 13.0. The lowest BCUT2D eigenvalue weighted by molar-refractivity contribution is -0.384. The van der Waals surface area contributed by atoms with E-state index in [2.05, 4.69) is 10.3 Å². The smallest absolute Gasteiger partial charge is 0.314 e. The number of hydrogen-bond acceptors (Lipinski definition) is 4. The number of anilines is 1. The molecule has 20 heavy (non-hydrogen) atoms. The first-order chi connectivity index (χ1) is 9.47. The predicted octanol–water partition coefficient (Wildman–Crippen LogP) is 3.19. The number of halogens is 2. The standard InChI is InChI=1S/C13H11F2N3O2/c1-8-2-3-16-13(12(8)18(19)20)17-7-9-4-10(14)6-11(15)5-9/h2-6H,7H2,1H3,(H,16,17). The second-order valence-corrected chi connectivity index (χ2v) is 4.21. The van der Waals surface area contributed by atoms with Crippen molar-refractivity contribution in [3.8, 4) is 0 Å². The van der Waals surface area contributed by atoms with Crippen molar-refractivity contribution in [1.82, 2.24) is 4.98 Å². The Morgan fingerprint density at radius 1 is 1.30 bits per heavy atom. The number of aromatic nitrogens is 1. The molecule has 0 amide bonds. The van der Waals surface area contributed by atoms with Crippen molar-refractivity contribution in [1.29, 1.82) is 0 Å². The van der Waals surface area contributed by atoms with Gasteiger partial charge in [-0.3, -0.25) is 10.1 Å². The molecule has 7 heteroatoms. The van der Waals surface area contributed by atoms with E-state index in [9.17, 15) is 18.9 Å². The van der Waals surface area contributed by atoms with Gasteiger partial charge in [0.05, 0.1) is 4.92 Å². The van der Waals surface area contributed by atoms with Gasteiger partial charge in [0.2, 0.25) is 5.82 Å². The highest BCUT2D eigenvalue weighted by atomic mass is 19.1. The van der Waals surface area contributed by atoms with Gasteiger partial charge in [-0.05, 0) is 30.7 Å². The van der Waals surface area contributed by atoms with Crippen LogP contribution in [0.4, 0.5) is 20.3 Å². The molecule has 0 spiro atoms. The summed E-state index contributed by atoms with van der Waals surface area (Å²) in [7, 11) is 0. The first kappa shape index (κ1) is 13.9. The van der Waals surface area contributed by atoms with Crippen molar-refractivity contribution in [2.45, 2.75) is 13.5 Å². The molecule has 0 aliphatic rings. The first-order valence-corrected chi connectivity index (χ1v) is 5.76. The minimum absolute atomic E-state index is 0.0337. The fraction of sp³-hybridized carbons (Fsp3) is 0.154. The number of rotatable bonds is 4. The Hall–Kier alpha value is -2.57. The van der Waals surface area contributed by atoms with E-state index in [1.54, 1.807) is 6.92 Å². The Bertz CT molecular complexity index is 642. The number of benzene rings is 1. The van der Waals surface area contributed by atoms with Gasteiger partial charge in [0, 0.05) is 24.4 Å². The Kier molecular flexibility index (Phi) is 3.88. The Morgan fingerprint density at radius 2 is 1.95 bits per heavy atom. The van der Waals surface area contributed by atoms with Crippen molar-refractivity contribution >= 4 is 11.5 Å². The van der Waals surface area contributed by atoms with Crippen LogP contribution in [-0.2, 0) is 6.54 Å². The average molecular weight is 279 g/mol. The summed E-state index contributed by atoms with van der Waals surface area (Å²) in [5, 5.41) is 13.7. The molecule has 1 N–H and O–H groups in total. The van der Waals surface area contributed by atoms with E-state index in [-0.39, 0.29) is 18.1 Å². The number of hydrogen-bond donors (Lipinski definition) is 1. The highest BCUT2D eigenvalue weighted by Gasteiger charge is 2.18. The van der Waals surface area contributed by atoms with E-state index in [1.165, 1.54) is 12.3 Å². The van der Waals surface area contributed by atoms with Gasteiger partial charge in [0.15, 0.2) is 0 Å². The second-order valence-electron chi connectivity index (χ2n) is 4.21. The fourth-order valence-electron chi connectivity index (χ4n) is 1.81. The van der Waals surface area contributed by atoms with Gasteiger partial charge in [-0.15, -0.1) is 0 Å². The molecule has 0 saturated heterocycles. The summed E-state index contributed by atoms with van der Waals surface area (Å²) in [6.45, 7) is 1.62. The van der Waals surface area contributed by atoms with Gasteiger partial charge < -0.3 is 5.32 Å². The molecule has 0 bridgehead atoms. The second kappa shape index (κ2) is 5.60. The van der Waals surface area contributed by atoms with Gasteiger partial charge in [0.1, 0.15) is 11.6 Å². The van der Waals surface area contributed by atoms with Crippen LogP contribution in [0.25, 0.3) is 0 Å². The van der Waals surface area contributed by atoms with E-state index in [4.69, 9.17) is 0 Å². The predicted molar refractivity (Wildman–Crippen MR) is 69.3 cm³/mol. The summed E-state index contributed by atoms with van der Waals surface area (Å²) in [6.07, 6.45) is 1.43. The lowest BCUT2D eigenvalue weighted by Gasteiger charge is -2.08. The molecule has 1 aromatic carbocycles. The molecule has 0 aliphatic heterocycles. The normalized spacial score (nSPS) is 10.3. The molecule has 104 valence electrons. The minimum atomic E-state index is -0.700. The Morgan fingerprint density at radius 3 is 2.55 bits per heavy atom. The van der Waals surface area contributed by atoms with E-state index < -0.39 is 16.6 Å². The zero-order valence-electron chi connectivity index (χ0n) is 10.6. The lowest BCUT2D eigenvalue weighted by atomic mass is 10.2. The number of aryl methyl sites for hydroxylation is 1. The molecule has 0 aliphatic carbocycles. The number of pyridine rings is 1. The van der Waals surface area contributed by atoms with Gasteiger partial charge in [-0.2, -0.15) is 0 Å². The summed E-state index contributed by atoms with van der Waals surface area (Å²) in [5.74, 6) is -1.33. The maximum atomic E-state index is 13.0. The molecular formula is C13H11F2N3O2. The van der Waals surface area contributed by atoms with E-state index in [1.807, 2.05) is 0 Å². The zero-order chi connectivity index (χ0) is 14.7. The van der Waals surface area contributed by atoms with Crippen molar-refractivity contribution in [2.75, 3.05) is 5.32 Å². The molecule has 0 unspecified atom stereocenters. The summed E-state index contributed by atoms with van der Waals surface area (Å²) in [5.41, 5.74) is 0.641. The highest BCUT2D eigenvalue weighted by Crippen LogP contribution is 2.25. The van der Waals surface area contributed by atoms with Gasteiger partial charge in [-0.1, -0.05) is 0 Å². The Balaban J connectivity index is 2.23. The van der Waals surface area contributed by atoms with Crippen molar-refractivity contribution in [3.63, 3.8) is 0 Å². The van der Waals surface area contributed by atoms with Crippen LogP contribution < -0.4 is 5.32 Å². The molecule has 2 rings (SSSR count). The monoisotopic (exact) mass is 279 g/mol. The summed E-state index contributed by atoms with van der Waals surface area (Å²) in [4.78, 5) is 14.3. The molecule has 0 atom stereocenters. The topological polar surface area (TPSA) is 68.1 Å². The molecule has 0 fully saturated rings. The van der Waals surface area contributed by atoms with Crippen molar-refractivity contribution in [2.24, 2.45) is 0 Å². The van der Waals surface area contributed by atoms with Crippen molar-refractivity contribution < 1.29 is 13.7 Å². The number of nitro groups is 1. The number of nitrogens with one attached hydrogen (secondary N) is 1. The molecule has 0 saturated carbocycles. The van der Waals surface area contributed by atoms with Gasteiger partial charge in [0.25, 0.3) is 0 Å². The van der Waals surface area contributed by atoms with Crippen LogP contribution in [0.3, 0.4) is 0 Å². The quantitative estimate of drug-likeness (QED) is 0.689. The number of nitrogens with zero attached hydrogens (tertiary/aromatic N) is 2. The van der Waals surface area contributed by atoms with Crippen LogP contribution in [0.15, 0.2) is 30.5 Å². The van der Waals surface area contributed by atoms with Gasteiger partial charge in [-0.25, -0.2) is 13.8 Å². The molecular weight excluding hydrogens is 268 g/mol. The largest absolute Gasteiger partial charge is 0.360 e. The van der Waals surface area contributed by atoms with Crippen LogP contribution in [-0.4, -0.2) is 9.91 Å². The summed E-state index contributed by atoms with van der Waals surface area (Å²) in [6, 6.07) is 4.58. The molecule has 1 heterocycles. The highest BCUT2D eigenvalue weighted by molar-refractivity contribution is 5.59. The minimum Gasteiger partial charge on any atom is -0.360 e. The third-order valence-corrected chi connectivity index (χ3v) is 2.69. The lowest BCUT2D eigenvalue weighted by Crippen LogP contribution is -2.06. The van der Waals surface area contributed by atoms with Crippen LogP contribution >= 0.6 is 0 Å². The maximum Gasteiger partial charge on any atom is 0.314 e. The molecule has 5 nitrogen and oxygen atoms in total. The van der Waals surface area contributed by atoms with Gasteiger partial charge >= 0.3 is 5.69 Å². The summed E-state index contributed by atoms with van der Waals surface area (Å²) < 4.78 is 26.1. The third kappa shape index (κ3) is 3.05. The van der Waals surface area contributed by atoms with E-state index in [0.717, 1.165) is 18.2 Å². The van der Waals surface area contributed by atoms with E-state index in [0.29, 0.717) is 11.1 Å². The zero-order valence-corrected chi connectivity index (χ0v) is 10.6. The SMILES string of the molecule is Cc1ccnc(NCc2cc(F)cc(F)c2)c1[N+](=O)[O-]. The molecule has 2 aromatic rings. The van der Waals surface area contributed by atoms with Crippen LogP contribution in [0.2, 0.25) is 0 Å². The first-order valence-electron chi connectivity index (χ1n) is 5.76. The Labute approximate surface area is 113 Å². The molecule has 0 radical (unpaired) electrons.